The molecule has 0 aromatic rings. The number of carbonyl (C=O) groups excluding carboxylic acids is 1. The number of aliphatic carboxylic acids is 1. The molecule has 0 amide bonds. The minimum Gasteiger partial charge on any atom is -0.480 e. The Balaban J connectivity index is 3.27. The summed E-state index contributed by atoms with van der Waals surface area (Å²) in [6.07, 6.45) is 0. The monoisotopic (exact) mass is 247 g/mol. The molecule has 0 atom stereocenters. The Hall–Kier alpha value is -1.83. The summed E-state index contributed by atoms with van der Waals surface area (Å²) in [6, 6.07) is 0. The van der Waals surface area contributed by atoms with E-state index in [1.165, 1.54) is 0 Å². The lowest BCUT2D eigenvalue weighted by atomic mass is 10.6. The minimum atomic E-state index is -1.15. The topological polar surface area (TPSA) is 131 Å². The first-order valence-electron chi connectivity index (χ1n) is 4.70. The molecular formula is C8H13N3O6. The van der Waals surface area contributed by atoms with Gasteiger partial charge in [-0.25, -0.2) is 9.59 Å². The van der Waals surface area contributed by atoms with Crippen LogP contribution in [0.2, 0.25) is 0 Å². The summed E-state index contributed by atoms with van der Waals surface area (Å²) in [7, 11) is 0. The van der Waals surface area contributed by atoms with Crippen LogP contribution in [-0.2, 0) is 23.8 Å². The number of nitrogens with zero attached hydrogens (tertiary/aromatic N) is 3. The van der Waals surface area contributed by atoms with Gasteiger partial charge in [0.25, 0.3) is 0 Å². The predicted molar refractivity (Wildman–Crippen MR) is 54.2 cm³/mol. The number of hydrogen-bond acceptors (Lipinski definition) is 6. The molecule has 0 saturated carbocycles. The van der Waals surface area contributed by atoms with E-state index in [0.29, 0.717) is 0 Å². The number of ether oxygens (including phenoxy) is 3. The predicted octanol–water partition coefficient (Wildman–Crippen LogP) is -0.0423. The molecule has 17 heavy (non-hydrogen) atoms. The van der Waals surface area contributed by atoms with Crippen LogP contribution in [-0.4, -0.2) is 56.6 Å². The van der Waals surface area contributed by atoms with Gasteiger partial charge in [-0.3, -0.25) is 0 Å². The number of carboxylic acid groups (broad SMARTS) is 1. The van der Waals surface area contributed by atoms with Gasteiger partial charge in [0, 0.05) is 11.5 Å². The quantitative estimate of drug-likeness (QED) is 0.189. The third-order valence-electron chi connectivity index (χ3n) is 1.34. The summed E-state index contributed by atoms with van der Waals surface area (Å²) in [5, 5.41) is 11.4. The van der Waals surface area contributed by atoms with Gasteiger partial charge in [-0.15, -0.1) is 0 Å². The fourth-order valence-corrected chi connectivity index (χ4v) is 0.730. The molecule has 0 heterocycles. The first-order valence-corrected chi connectivity index (χ1v) is 4.70. The maximum absolute atomic E-state index is 10.9. The molecule has 0 spiro atoms. The Morgan fingerprint density at radius 3 is 2.59 bits per heavy atom. The normalized spacial score (nSPS) is 9.41. The first-order chi connectivity index (χ1) is 8.16. The van der Waals surface area contributed by atoms with Crippen molar-refractivity contribution >= 4 is 11.9 Å². The first kappa shape index (κ1) is 15.2. The van der Waals surface area contributed by atoms with Crippen LogP contribution in [0, 0.1) is 0 Å². The van der Waals surface area contributed by atoms with Crippen molar-refractivity contribution in [1.82, 2.24) is 0 Å². The molecule has 0 aromatic heterocycles. The highest BCUT2D eigenvalue weighted by Crippen LogP contribution is 1.84. The molecule has 0 bridgehead atoms. The van der Waals surface area contributed by atoms with Gasteiger partial charge < -0.3 is 19.3 Å². The zero-order valence-corrected chi connectivity index (χ0v) is 9.07. The van der Waals surface area contributed by atoms with Gasteiger partial charge in [0.05, 0.1) is 13.2 Å². The molecule has 0 rings (SSSR count). The van der Waals surface area contributed by atoms with E-state index < -0.39 is 25.2 Å². The molecule has 1 N–H and O–H groups in total. The standard InChI is InChI=1S/C8H13N3O6/c9-11-10-1-2-15-3-4-17-8(14)6-16-5-7(12)13/h1-6H2,(H,12,13). The fourth-order valence-electron chi connectivity index (χ4n) is 0.730. The van der Waals surface area contributed by atoms with Crippen LogP contribution in [0.5, 0.6) is 0 Å². The molecule has 0 aromatic carbocycles. The molecule has 0 radical (unpaired) electrons. The maximum atomic E-state index is 10.9. The summed E-state index contributed by atoms with van der Waals surface area (Å²) in [5.74, 6) is -1.82. The van der Waals surface area contributed by atoms with Crippen LogP contribution in [0.4, 0.5) is 0 Å². The van der Waals surface area contributed by atoms with E-state index in [-0.39, 0.29) is 26.4 Å². The summed E-state index contributed by atoms with van der Waals surface area (Å²) in [4.78, 5) is 23.5. The summed E-state index contributed by atoms with van der Waals surface area (Å²) in [5.41, 5.74) is 7.94. The number of carboxylic acids is 1. The number of esters is 1. The van der Waals surface area contributed by atoms with Crippen molar-refractivity contribution in [2.75, 3.05) is 39.6 Å². The maximum Gasteiger partial charge on any atom is 0.332 e. The Bertz CT molecular complexity index is 289. The largest absolute Gasteiger partial charge is 0.480 e. The van der Waals surface area contributed by atoms with E-state index in [1.54, 1.807) is 0 Å². The molecule has 0 fully saturated rings. The molecule has 0 unspecified atom stereocenters. The van der Waals surface area contributed by atoms with Crippen molar-refractivity contribution in [2.24, 2.45) is 5.11 Å². The van der Waals surface area contributed by atoms with Crippen LogP contribution < -0.4 is 0 Å². The highest BCUT2D eigenvalue weighted by molar-refractivity contribution is 5.72. The lowest BCUT2D eigenvalue weighted by Gasteiger charge is -2.05. The van der Waals surface area contributed by atoms with Crippen LogP contribution in [0.25, 0.3) is 10.4 Å². The molecule has 0 aliphatic rings. The van der Waals surface area contributed by atoms with Gasteiger partial charge in [-0.2, -0.15) is 0 Å². The average Bonchev–Trinajstić information content (AvgIpc) is 2.27. The van der Waals surface area contributed by atoms with E-state index in [2.05, 4.69) is 19.5 Å². The third-order valence-corrected chi connectivity index (χ3v) is 1.34. The number of hydrogen-bond donors (Lipinski definition) is 1. The zero-order chi connectivity index (χ0) is 12.9. The highest BCUT2D eigenvalue weighted by atomic mass is 16.6. The van der Waals surface area contributed by atoms with Crippen molar-refractivity contribution < 1.29 is 28.9 Å². The average molecular weight is 247 g/mol. The van der Waals surface area contributed by atoms with E-state index in [1.807, 2.05) is 0 Å². The van der Waals surface area contributed by atoms with Crippen molar-refractivity contribution in [2.45, 2.75) is 0 Å². The summed E-state index contributed by atoms with van der Waals surface area (Å²) in [6.45, 7) is -0.288. The third kappa shape index (κ3) is 12.1. The fraction of sp³-hybridized carbons (Fsp3) is 0.750. The Kier molecular flexibility index (Phi) is 9.53. The van der Waals surface area contributed by atoms with E-state index in [9.17, 15) is 9.59 Å². The zero-order valence-electron chi connectivity index (χ0n) is 9.07. The SMILES string of the molecule is [N-]=[N+]=NCCOCCOC(=O)COCC(=O)O. The molecule has 0 aliphatic carbocycles. The van der Waals surface area contributed by atoms with Gasteiger partial charge >= 0.3 is 11.9 Å². The molecule has 0 aliphatic heterocycles. The molecule has 96 valence electrons. The van der Waals surface area contributed by atoms with Crippen molar-refractivity contribution in [3.8, 4) is 0 Å². The Labute approximate surface area is 96.9 Å². The van der Waals surface area contributed by atoms with E-state index >= 15 is 0 Å². The van der Waals surface area contributed by atoms with Crippen LogP contribution in [0.1, 0.15) is 0 Å². The second kappa shape index (κ2) is 10.7. The molecule has 0 saturated heterocycles. The van der Waals surface area contributed by atoms with Crippen molar-refractivity contribution in [3.63, 3.8) is 0 Å². The minimum absolute atomic E-state index is 0.0333. The van der Waals surface area contributed by atoms with Crippen LogP contribution in [0.15, 0.2) is 5.11 Å². The second-order valence-corrected chi connectivity index (χ2v) is 2.67. The smallest absolute Gasteiger partial charge is 0.332 e. The van der Waals surface area contributed by atoms with Gasteiger partial charge in [0.2, 0.25) is 0 Å². The Morgan fingerprint density at radius 2 is 1.94 bits per heavy atom. The van der Waals surface area contributed by atoms with Crippen LogP contribution >= 0.6 is 0 Å². The second-order valence-electron chi connectivity index (χ2n) is 2.67. The Morgan fingerprint density at radius 1 is 1.18 bits per heavy atom. The van der Waals surface area contributed by atoms with Gasteiger partial charge in [0.15, 0.2) is 0 Å². The number of rotatable bonds is 10. The lowest BCUT2D eigenvalue weighted by Crippen LogP contribution is -2.18. The summed E-state index contributed by atoms with van der Waals surface area (Å²) >= 11 is 0. The molecular weight excluding hydrogens is 234 g/mol. The van der Waals surface area contributed by atoms with Gasteiger partial charge in [-0.1, -0.05) is 5.11 Å². The van der Waals surface area contributed by atoms with E-state index in [0.717, 1.165) is 0 Å². The van der Waals surface area contributed by atoms with Crippen LogP contribution in [0.3, 0.4) is 0 Å². The van der Waals surface area contributed by atoms with Gasteiger partial charge in [-0.05, 0) is 5.53 Å². The lowest BCUT2D eigenvalue weighted by molar-refractivity contribution is -0.153. The van der Waals surface area contributed by atoms with Gasteiger partial charge in [0.1, 0.15) is 19.8 Å². The molecule has 9 nitrogen and oxygen atoms in total. The van der Waals surface area contributed by atoms with Crippen molar-refractivity contribution in [3.05, 3.63) is 10.4 Å². The van der Waals surface area contributed by atoms with E-state index in [4.69, 9.17) is 15.4 Å². The number of carbonyl (C=O) groups is 2. The summed E-state index contributed by atoms with van der Waals surface area (Å²) < 4.78 is 14.1. The number of azide groups is 1. The van der Waals surface area contributed by atoms with Crippen molar-refractivity contribution in [1.29, 1.82) is 0 Å². The highest BCUT2D eigenvalue weighted by Gasteiger charge is 2.04. The molecule has 9 heteroatoms.